The van der Waals surface area contributed by atoms with E-state index >= 15 is 0 Å². The SMILES string of the molecule is Cc1cccc(C)c1NC(=O)CN(C)CC(=O)Nc1ccccc1OC(F)F. The molecule has 0 bridgehead atoms. The van der Waals surface area contributed by atoms with Crippen molar-refractivity contribution < 1.29 is 23.1 Å². The Morgan fingerprint density at radius 2 is 1.54 bits per heavy atom. The standard InChI is InChI=1S/C20H23F2N3O3/c1-13-7-6-8-14(2)19(13)24-18(27)12-25(3)11-17(26)23-15-9-4-5-10-16(15)28-20(21)22/h4-10,20H,11-12H2,1-3H3,(H,23,26)(H,24,27). The number of alkyl halides is 2. The fourth-order valence-corrected chi connectivity index (χ4v) is 2.70. The first-order valence-electron chi connectivity index (χ1n) is 8.64. The fourth-order valence-electron chi connectivity index (χ4n) is 2.70. The van der Waals surface area contributed by atoms with E-state index in [4.69, 9.17) is 0 Å². The molecule has 2 N–H and O–H groups in total. The topological polar surface area (TPSA) is 70.7 Å². The van der Waals surface area contributed by atoms with Crippen LogP contribution in [-0.2, 0) is 9.59 Å². The molecule has 0 fully saturated rings. The zero-order valence-electron chi connectivity index (χ0n) is 16.0. The summed E-state index contributed by atoms with van der Waals surface area (Å²) in [6.07, 6.45) is 0. The molecule has 8 heteroatoms. The Kier molecular flexibility index (Phi) is 7.45. The molecule has 0 saturated heterocycles. The zero-order valence-corrected chi connectivity index (χ0v) is 16.0. The minimum Gasteiger partial charge on any atom is -0.433 e. The first-order valence-corrected chi connectivity index (χ1v) is 8.64. The van der Waals surface area contributed by atoms with E-state index in [1.165, 1.54) is 23.1 Å². The number of halogens is 2. The normalized spacial score (nSPS) is 10.8. The van der Waals surface area contributed by atoms with Crippen molar-refractivity contribution in [2.45, 2.75) is 20.5 Å². The highest BCUT2D eigenvalue weighted by Gasteiger charge is 2.15. The van der Waals surface area contributed by atoms with Crippen molar-refractivity contribution in [3.63, 3.8) is 0 Å². The number of anilines is 2. The average Bonchev–Trinajstić information content (AvgIpc) is 2.59. The quantitative estimate of drug-likeness (QED) is 0.724. The molecule has 0 saturated carbocycles. The van der Waals surface area contributed by atoms with Crippen LogP contribution in [0.3, 0.4) is 0 Å². The minimum absolute atomic E-state index is 0.00360. The van der Waals surface area contributed by atoms with Gasteiger partial charge in [0.1, 0.15) is 5.75 Å². The van der Waals surface area contributed by atoms with Crippen molar-refractivity contribution in [2.75, 3.05) is 30.8 Å². The summed E-state index contributed by atoms with van der Waals surface area (Å²) in [5.74, 6) is -0.830. The van der Waals surface area contributed by atoms with Crippen molar-refractivity contribution in [1.82, 2.24) is 4.90 Å². The highest BCUT2D eigenvalue weighted by molar-refractivity contribution is 5.96. The van der Waals surface area contributed by atoms with Gasteiger partial charge in [0, 0.05) is 5.69 Å². The molecule has 2 amide bonds. The molecule has 2 aromatic carbocycles. The summed E-state index contributed by atoms with van der Waals surface area (Å²) in [6, 6.07) is 11.6. The number of amides is 2. The fraction of sp³-hybridized carbons (Fsp3) is 0.300. The zero-order chi connectivity index (χ0) is 20.7. The van der Waals surface area contributed by atoms with Gasteiger partial charge in [-0.2, -0.15) is 8.78 Å². The van der Waals surface area contributed by atoms with Gasteiger partial charge in [0.05, 0.1) is 18.8 Å². The largest absolute Gasteiger partial charge is 0.433 e. The van der Waals surface area contributed by atoms with E-state index in [1.54, 1.807) is 13.1 Å². The Balaban J connectivity index is 1.90. The molecule has 0 heterocycles. The second kappa shape index (κ2) is 9.80. The second-order valence-electron chi connectivity index (χ2n) is 6.41. The molecule has 28 heavy (non-hydrogen) atoms. The summed E-state index contributed by atoms with van der Waals surface area (Å²) >= 11 is 0. The molecule has 0 aliphatic rings. The Morgan fingerprint density at radius 3 is 2.14 bits per heavy atom. The van der Waals surface area contributed by atoms with Gasteiger partial charge in [-0.3, -0.25) is 14.5 Å². The van der Waals surface area contributed by atoms with Crippen molar-refractivity contribution in [2.24, 2.45) is 0 Å². The second-order valence-corrected chi connectivity index (χ2v) is 6.41. The summed E-state index contributed by atoms with van der Waals surface area (Å²) in [5.41, 5.74) is 2.79. The molecule has 2 rings (SSSR count). The molecule has 150 valence electrons. The van der Waals surface area contributed by atoms with Gasteiger partial charge in [0.15, 0.2) is 0 Å². The van der Waals surface area contributed by atoms with E-state index in [0.29, 0.717) is 0 Å². The van der Waals surface area contributed by atoms with Crippen molar-refractivity contribution in [3.8, 4) is 5.75 Å². The van der Waals surface area contributed by atoms with Gasteiger partial charge in [0.25, 0.3) is 0 Å². The summed E-state index contributed by atoms with van der Waals surface area (Å²) in [6.45, 7) is 0.714. The Labute approximate surface area is 162 Å². The molecule has 0 spiro atoms. The summed E-state index contributed by atoms with van der Waals surface area (Å²) in [5, 5.41) is 5.36. The Hall–Kier alpha value is -3.00. The monoisotopic (exact) mass is 391 g/mol. The average molecular weight is 391 g/mol. The van der Waals surface area contributed by atoms with Crippen LogP contribution in [0.15, 0.2) is 42.5 Å². The van der Waals surface area contributed by atoms with Crippen molar-refractivity contribution in [1.29, 1.82) is 0 Å². The lowest BCUT2D eigenvalue weighted by Crippen LogP contribution is -2.36. The highest BCUT2D eigenvalue weighted by Crippen LogP contribution is 2.25. The summed E-state index contributed by atoms with van der Waals surface area (Å²) in [4.78, 5) is 26.0. The van der Waals surface area contributed by atoms with E-state index in [-0.39, 0.29) is 30.4 Å². The van der Waals surface area contributed by atoms with Crippen LogP contribution in [0.5, 0.6) is 5.75 Å². The number of nitrogens with one attached hydrogen (secondary N) is 2. The van der Waals surface area contributed by atoms with Gasteiger partial charge >= 0.3 is 6.61 Å². The third-order valence-corrected chi connectivity index (χ3v) is 3.95. The number of hydrogen-bond donors (Lipinski definition) is 2. The predicted octanol–water partition coefficient (Wildman–Crippen LogP) is 3.41. The Bertz CT molecular complexity index is 823. The van der Waals surface area contributed by atoms with Gasteiger partial charge in [-0.05, 0) is 44.2 Å². The van der Waals surface area contributed by atoms with Crippen molar-refractivity contribution >= 4 is 23.2 Å². The summed E-state index contributed by atoms with van der Waals surface area (Å²) in [7, 11) is 1.62. The number of ether oxygens (including phenoxy) is 1. The number of nitrogens with zero attached hydrogens (tertiary/aromatic N) is 1. The van der Waals surface area contributed by atoms with E-state index in [0.717, 1.165) is 16.8 Å². The Morgan fingerprint density at radius 1 is 0.964 bits per heavy atom. The maximum absolute atomic E-state index is 12.4. The van der Waals surface area contributed by atoms with Gasteiger partial charge in [-0.15, -0.1) is 0 Å². The molecule has 0 atom stereocenters. The third-order valence-electron chi connectivity index (χ3n) is 3.95. The number of likely N-dealkylation sites (N-methyl/N-ethyl adjacent to an activating group) is 1. The predicted molar refractivity (Wildman–Crippen MR) is 104 cm³/mol. The molecule has 0 radical (unpaired) electrons. The number of aryl methyl sites for hydroxylation is 2. The first-order chi connectivity index (χ1) is 13.3. The number of carbonyl (C=O) groups is 2. The van der Waals surface area contributed by atoms with Crippen LogP contribution >= 0.6 is 0 Å². The number of benzene rings is 2. The molecule has 0 aromatic heterocycles. The van der Waals surface area contributed by atoms with Gasteiger partial charge < -0.3 is 15.4 Å². The van der Waals surface area contributed by atoms with Crippen LogP contribution in [-0.4, -0.2) is 43.5 Å². The van der Waals surface area contributed by atoms with E-state index < -0.39 is 12.5 Å². The number of carbonyl (C=O) groups excluding carboxylic acids is 2. The lowest BCUT2D eigenvalue weighted by atomic mass is 10.1. The molecular weight excluding hydrogens is 368 g/mol. The van der Waals surface area contributed by atoms with E-state index in [2.05, 4.69) is 15.4 Å². The van der Waals surface area contributed by atoms with Gasteiger partial charge in [-0.1, -0.05) is 30.3 Å². The number of para-hydroxylation sites is 3. The molecular formula is C20H23F2N3O3. The van der Waals surface area contributed by atoms with Gasteiger partial charge in [0.2, 0.25) is 11.8 Å². The maximum atomic E-state index is 12.4. The van der Waals surface area contributed by atoms with Crippen LogP contribution in [0, 0.1) is 13.8 Å². The van der Waals surface area contributed by atoms with Crippen molar-refractivity contribution in [3.05, 3.63) is 53.6 Å². The lowest BCUT2D eigenvalue weighted by molar-refractivity contribution is -0.119. The van der Waals surface area contributed by atoms with Crippen LogP contribution in [0.2, 0.25) is 0 Å². The molecule has 0 aliphatic heterocycles. The number of hydrogen-bond acceptors (Lipinski definition) is 4. The lowest BCUT2D eigenvalue weighted by Gasteiger charge is -2.18. The molecule has 0 aliphatic carbocycles. The van der Waals surface area contributed by atoms with Crippen LogP contribution < -0.4 is 15.4 Å². The third kappa shape index (κ3) is 6.31. The summed E-state index contributed by atoms with van der Waals surface area (Å²) < 4.78 is 29.3. The molecule has 2 aromatic rings. The van der Waals surface area contributed by atoms with Crippen LogP contribution in [0.25, 0.3) is 0 Å². The van der Waals surface area contributed by atoms with Gasteiger partial charge in [-0.25, -0.2) is 0 Å². The van der Waals surface area contributed by atoms with E-state index in [1.807, 2.05) is 32.0 Å². The first kappa shape index (κ1) is 21.3. The van der Waals surface area contributed by atoms with Crippen LogP contribution in [0.1, 0.15) is 11.1 Å². The smallest absolute Gasteiger partial charge is 0.387 e. The molecule has 0 unspecified atom stereocenters. The van der Waals surface area contributed by atoms with E-state index in [9.17, 15) is 18.4 Å². The highest BCUT2D eigenvalue weighted by atomic mass is 19.3. The number of rotatable bonds is 8. The minimum atomic E-state index is -2.99. The van der Waals surface area contributed by atoms with Crippen LogP contribution in [0.4, 0.5) is 20.2 Å². The maximum Gasteiger partial charge on any atom is 0.387 e. The molecule has 6 nitrogen and oxygen atoms in total.